The van der Waals surface area contributed by atoms with Crippen LogP contribution in [0.25, 0.3) is 0 Å². The van der Waals surface area contributed by atoms with Gasteiger partial charge in [0.15, 0.2) is 6.61 Å². The summed E-state index contributed by atoms with van der Waals surface area (Å²) in [5.41, 5.74) is 1.69. The van der Waals surface area contributed by atoms with Crippen LogP contribution in [0.4, 0.5) is 0 Å². The Morgan fingerprint density at radius 2 is 1.58 bits per heavy atom. The fraction of sp³-hybridized carbons (Fsp3) is 0.167. The molecule has 3 aromatic rings. The summed E-state index contributed by atoms with van der Waals surface area (Å²) in [6.07, 6.45) is 0. The van der Waals surface area contributed by atoms with Gasteiger partial charge < -0.3 is 10.1 Å². The fourth-order valence-electron chi connectivity index (χ4n) is 3.07. The number of amides is 1. The molecule has 0 radical (unpaired) electrons. The van der Waals surface area contributed by atoms with Crippen LogP contribution in [0.2, 0.25) is 5.02 Å². The van der Waals surface area contributed by atoms with Crippen molar-refractivity contribution in [1.29, 1.82) is 0 Å². The molecule has 0 aromatic heterocycles. The van der Waals surface area contributed by atoms with E-state index in [9.17, 15) is 18.0 Å². The number of carbonyl (C=O) groups excluding carboxylic acids is 2. The van der Waals surface area contributed by atoms with E-state index in [2.05, 4.69) is 5.32 Å². The number of nitrogens with one attached hydrogen (secondary N) is 1. The highest BCUT2D eigenvalue weighted by Gasteiger charge is 2.21. The van der Waals surface area contributed by atoms with Gasteiger partial charge in [-0.3, -0.25) is 4.79 Å². The van der Waals surface area contributed by atoms with Crippen molar-refractivity contribution in [3.63, 3.8) is 0 Å². The Bertz CT molecular complexity index is 1230. The molecule has 33 heavy (non-hydrogen) atoms. The highest BCUT2D eigenvalue weighted by molar-refractivity contribution is 7.89. The maximum absolute atomic E-state index is 12.6. The monoisotopic (exact) mass is 486 g/mol. The summed E-state index contributed by atoms with van der Waals surface area (Å²) < 4.78 is 30.7. The third kappa shape index (κ3) is 6.19. The van der Waals surface area contributed by atoms with Gasteiger partial charge in [0.1, 0.15) is 0 Å². The number of carbonyl (C=O) groups is 2. The van der Waals surface area contributed by atoms with E-state index in [1.54, 1.807) is 12.1 Å². The molecule has 3 aromatic carbocycles. The molecule has 9 heteroatoms. The maximum Gasteiger partial charge on any atom is 0.338 e. The first-order chi connectivity index (χ1) is 15.7. The zero-order valence-corrected chi connectivity index (χ0v) is 19.6. The van der Waals surface area contributed by atoms with E-state index in [0.717, 1.165) is 15.4 Å². The van der Waals surface area contributed by atoms with E-state index in [1.165, 1.54) is 38.4 Å². The number of hydrogen-bond acceptors (Lipinski definition) is 5. The molecule has 0 saturated carbocycles. The molecule has 0 heterocycles. The zero-order chi connectivity index (χ0) is 24.0. The maximum atomic E-state index is 12.6. The van der Waals surface area contributed by atoms with E-state index >= 15 is 0 Å². The highest BCUT2D eigenvalue weighted by Crippen LogP contribution is 2.23. The SMILES string of the molecule is CN(C)S(=O)(=O)c1cccc(C(=O)OCC(=O)NC(c2ccccc2)c2ccc(Cl)cc2)c1. The zero-order valence-electron chi connectivity index (χ0n) is 18.1. The quantitative estimate of drug-likeness (QED) is 0.490. The van der Waals surface area contributed by atoms with Gasteiger partial charge in [-0.1, -0.05) is 60.1 Å². The third-order valence-corrected chi connectivity index (χ3v) is 6.89. The van der Waals surface area contributed by atoms with Crippen molar-refractivity contribution in [3.8, 4) is 0 Å². The normalized spacial score (nSPS) is 12.2. The van der Waals surface area contributed by atoms with Crippen molar-refractivity contribution in [2.24, 2.45) is 0 Å². The van der Waals surface area contributed by atoms with Gasteiger partial charge >= 0.3 is 5.97 Å². The number of esters is 1. The third-order valence-electron chi connectivity index (χ3n) is 4.82. The molecule has 7 nitrogen and oxygen atoms in total. The summed E-state index contributed by atoms with van der Waals surface area (Å²) in [5, 5.41) is 3.44. The number of sulfonamides is 1. The average molecular weight is 487 g/mol. The number of nitrogens with zero attached hydrogens (tertiary/aromatic N) is 1. The van der Waals surface area contributed by atoms with Crippen LogP contribution >= 0.6 is 11.6 Å². The van der Waals surface area contributed by atoms with Crippen LogP contribution in [0.3, 0.4) is 0 Å². The molecule has 0 fully saturated rings. The van der Waals surface area contributed by atoms with Crippen molar-refractivity contribution < 1.29 is 22.7 Å². The summed E-state index contributed by atoms with van der Waals surface area (Å²) in [4.78, 5) is 25.0. The molecule has 0 aliphatic carbocycles. The summed E-state index contributed by atoms with van der Waals surface area (Å²) in [6, 6.07) is 21.4. The Labute approximate surface area is 198 Å². The van der Waals surface area contributed by atoms with Crippen molar-refractivity contribution in [3.05, 3.63) is 101 Å². The van der Waals surface area contributed by atoms with Crippen LogP contribution in [0.15, 0.2) is 83.8 Å². The van der Waals surface area contributed by atoms with Gasteiger partial charge in [0.25, 0.3) is 5.91 Å². The minimum absolute atomic E-state index is 0.0306. The number of benzene rings is 3. The van der Waals surface area contributed by atoms with Crippen LogP contribution in [0.1, 0.15) is 27.5 Å². The molecule has 0 aliphatic rings. The van der Waals surface area contributed by atoms with Gasteiger partial charge in [0.2, 0.25) is 10.0 Å². The van der Waals surface area contributed by atoms with Crippen molar-refractivity contribution in [1.82, 2.24) is 9.62 Å². The van der Waals surface area contributed by atoms with E-state index in [-0.39, 0.29) is 10.5 Å². The molecule has 172 valence electrons. The lowest BCUT2D eigenvalue weighted by Crippen LogP contribution is -2.33. The minimum atomic E-state index is -3.71. The number of hydrogen-bond donors (Lipinski definition) is 1. The molecular weight excluding hydrogens is 464 g/mol. The molecule has 3 rings (SSSR count). The second-order valence-corrected chi connectivity index (χ2v) is 9.94. The minimum Gasteiger partial charge on any atom is -0.452 e. The van der Waals surface area contributed by atoms with Gasteiger partial charge in [0, 0.05) is 19.1 Å². The van der Waals surface area contributed by atoms with Gasteiger partial charge in [-0.2, -0.15) is 0 Å². The van der Waals surface area contributed by atoms with Crippen LogP contribution in [-0.4, -0.2) is 45.3 Å². The number of halogens is 1. The van der Waals surface area contributed by atoms with Gasteiger partial charge in [-0.25, -0.2) is 17.5 Å². The second kappa shape index (κ2) is 10.6. The van der Waals surface area contributed by atoms with Gasteiger partial charge in [0.05, 0.1) is 16.5 Å². The second-order valence-electron chi connectivity index (χ2n) is 7.35. The van der Waals surface area contributed by atoms with Crippen LogP contribution < -0.4 is 5.32 Å². The summed E-state index contributed by atoms with van der Waals surface area (Å²) >= 11 is 5.98. The molecule has 0 spiro atoms. The highest BCUT2D eigenvalue weighted by atomic mass is 35.5. The summed E-state index contributed by atoms with van der Waals surface area (Å²) in [7, 11) is -0.913. The fourth-order valence-corrected chi connectivity index (χ4v) is 4.15. The summed E-state index contributed by atoms with van der Waals surface area (Å²) in [5.74, 6) is -1.31. The van der Waals surface area contributed by atoms with Crippen LogP contribution in [0, 0.1) is 0 Å². The molecule has 1 atom stereocenters. The predicted octanol–water partition coefficient (Wildman–Crippen LogP) is 3.65. The van der Waals surface area contributed by atoms with Gasteiger partial charge in [-0.15, -0.1) is 0 Å². The number of ether oxygens (including phenoxy) is 1. The summed E-state index contributed by atoms with van der Waals surface area (Å²) in [6.45, 7) is -0.527. The Balaban J connectivity index is 1.70. The Kier molecular flexibility index (Phi) is 7.86. The molecule has 0 saturated heterocycles. The molecule has 1 unspecified atom stereocenters. The molecule has 1 N–H and O–H groups in total. The Morgan fingerprint density at radius 3 is 2.21 bits per heavy atom. The molecule has 1 amide bonds. The Hall–Kier alpha value is -3.20. The lowest BCUT2D eigenvalue weighted by atomic mass is 9.99. The lowest BCUT2D eigenvalue weighted by Gasteiger charge is -2.20. The molecular formula is C24H23ClN2O5S. The van der Waals surface area contributed by atoms with Crippen molar-refractivity contribution >= 4 is 33.5 Å². The first-order valence-electron chi connectivity index (χ1n) is 9.98. The average Bonchev–Trinajstić information content (AvgIpc) is 2.82. The predicted molar refractivity (Wildman–Crippen MR) is 125 cm³/mol. The lowest BCUT2D eigenvalue weighted by molar-refractivity contribution is -0.124. The van der Waals surface area contributed by atoms with Crippen molar-refractivity contribution in [2.75, 3.05) is 20.7 Å². The van der Waals surface area contributed by atoms with E-state index in [1.807, 2.05) is 42.5 Å². The van der Waals surface area contributed by atoms with Gasteiger partial charge in [-0.05, 0) is 41.5 Å². The molecule has 0 aliphatic heterocycles. The topological polar surface area (TPSA) is 92.8 Å². The van der Waals surface area contributed by atoms with Crippen LogP contribution in [-0.2, 0) is 19.6 Å². The Morgan fingerprint density at radius 1 is 0.939 bits per heavy atom. The van der Waals surface area contributed by atoms with E-state index < -0.39 is 34.5 Å². The number of rotatable bonds is 8. The largest absolute Gasteiger partial charge is 0.452 e. The van der Waals surface area contributed by atoms with E-state index in [0.29, 0.717) is 5.02 Å². The van der Waals surface area contributed by atoms with E-state index in [4.69, 9.17) is 16.3 Å². The first kappa shape index (κ1) is 24.4. The van der Waals surface area contributed by atoms with Crippen molar-refractivity contribution in [2.45, 2.75) is 10.9 Å². The first-order valence-corrected chi connectivity index (χ1v) is 11.8. The standard InChI is InChI=1S/C24H23ClN2O5S/c1-27(2)33(30,31)21-10-6-9-19(15-21)24(29)32-16-22(28)26-23(17-7-4-3-5-8-17)18-11-13-20(25)14-12-18/h3-15,23H,16H2,1-2H3,(H,26,28). The molecule has 0 bridgehead atoms. The van der Waals surface area contributed by atoms with Crippen LogP contribution in [0.5, 0.6) is 0 Å². The smallest absolute Gasteiger partial charge is 0.338 e.